The van der Waals surface area contributed by atoms with E-state index in [0.717, 1.165) is 0 Å². The predicted octanol–water partition coefficient (Wildman–Crippen LogP) is 2.86. The number of ketones is 1. The number of hydrogen-bond acceptors (Lipinski definition) is 3. The van der Waals surface area contributed by atoms with Crippen molar-refractivity contribution in [3.63, 3.8) is 0 Å². The predicted molar refractivity (Wildman–Crippen MR) is 61.2 cm³/mol. The molecule has 0 bridgehead atoms. The highest BCUT2D eigenvalue weighted by Gasteiger charge is 2.17. The summed E-state index contributed by atoms with van der Waals surface area (Å²) >= 11 is 0. The molecule has 0 atom stereocenters. The summed E-state index contributed by atoms with van der Waals surface area (Å²) in [5.74, 6) is 0.760. The van der Waals surface area contributed by atoms with Gasteiger partial charge in [0.05, 0.1) is 0 Å². The molecule has 0 spiro atoms. The number of oxazole rings is 1. The van der Waals surface area contributed by atoms with E-state index in [0.29, 0.717) is 22.9 Å². The van der Waals surface area contributed by atoms with Crippen molar-refractivity contribution < 1.29 is 9.21 Å². The average Bonchev–Trinajstić information content (AvgIpc) is 2.71. The van der Waals surface area contributed by atoms with E-state index in [1.165, 1.54) is 6.08 Å². The average molecular weight is 213 g/mol. The minimum Gasteiger partial charge on any atom is -0.441 e. The summed E-state index contributed by atoms with van der Waals surface area (Å²) in [7, 11) is 0. The van der Waals surface area contributed by atoms with Crippen molar-refractivity contribution in [3.8, 4) is 0 Å². The lowest BCUT2D eigenvalue weighted by Crippen LogP contribution is -2.03. The molecule has 0 aliphatic carbocycles. The molecule has 2 aromatic rings. The molecule has 0 amide bonds. The Hall–Kier alpha value is -2.16. The van der Waals surface area contributed by atoms with Crippen LogP contribution in [0.4, 0.5) is 0 Å². The Bertz CT molecular complexity index is 526. The normalized spacial score (nSPS) is 10.1. The highest BCUT2D eigenvalue weighted by Crippen LogP contribution is 2.15. The fourth-order valence-corrected chi connectivity index (χ4v) is 1.44. The van der Waals surface area contributed by atoms with E-state index in [1.54, 1.807) is 19.1 Å². The molecular weight excluding hydrogens is 202 g/mol. The van der Waals surface area contributed by atoms with Gasteiger partial charge in [0.25, 0.3) is 0 Å². The number of nitrogens with zero attached hydrogens (tertiary/aromatic N) is 1. The number of rotatable bonds is 3. The van der Waals surface area contributed by atoms with Gasteiger partial charge in [-0.1, -0.05) is 36.9 Å². The molecule has 0 saturated carbocycles. The summed E-state index contributed by atoms with van der Waals surface area (Å²) in [4.78, 5) is 16.1. The minimum atomic E-state index is -0.130. The molecule has 1 aromatic carbocycles. The topological polar surface area (TPSA) is 43.1 Å². The van der Waals surface area contributed by atoms with Crippen LogP contribution in [-0.4, -0.2) is 10.8 Å². The molecule has 0 aliphatic rings. The lowest BCUT2D eigenvalue weighted by Gasteiger charge is -1.96. The Morgan fingerprint density at radius 3 is 2.62 bits per heavy atom. The third-order valence-corrected chi connectivity index (χ3v) is 2.24. The van der Waals surface area contributed by atoms with Crippen LogP contribution in [-0.2, 0) is 0 Å². The highest BCUT2D eigenvalue weighted by atomic mass is 16.4. The zero-order chi connectivity index (χ0) is 11.5. The largest absolute Gasteiger partial charge is 0.441 e. The molecule has 0 unspecified atom stereocenters. The van der Waals surface area contributed by atoms with Crippen molar-refractivity contribution in [2.24, 2.45) is 0 Å². The van der Waals surface area contributed by atoms with Crippen LogP contribution in [0.5, 0.6) is 0 Å². The SMILES string of the molecule is C=Cc1nc(C(=O)c2ccccc2)c(C)o1. The smallest absolute Gasteiger partial charge is 0.219 e. The maximum absolute atomic E-state index is 12.0. The molecule has 0 fully saturated rings. The Morgan fingerprint density at radius 2 is 2.06 bits per heavy atom. The molecule has 3 heteroatoms. The molecule has 0 N–H and O–H groups in total. The summed E-state index contributed by atoms with van der Waals surface area (Å²) in [5.41, 5.74) is 0.954. The summed E-state index contributed by atoms with van der Waals surface area (Å²) < 4.78 is 5.26. The standard InChI is InChI=1S/C13H11NO2/c1-3-11-14-12(9(2)16-11)13(15)10-7-5-4-6-8-10/h3-8H,1H2,2H3. The fourth-order valence-electron chi connectivity index (χ4n) is 1.44. The maximum Gasteiger partial charge on any atom is 0.219 e. The van der Waals surface area contributed by atoms with Crippen molar-refractivity contribution in [3.05, 3.63) is 59.8 Å². The molecule has 16 heavy (non-hydrogen) atoms. The quantitative estimate of drug-likeness (QED) is 0.736. The third-order valence-electron chi connectivity index (χ3n) is 2.24. The van der Waals surface area contributed by atoms with Crippen LogP contribution in [0.3, 0.4) is 0 Å². The highest BCUT2D eigenvalue weighted by molar-refractivity contribution is 6.08. The van der Waals surface area contributed by atoms with E-state index in [1.807, 2.05) is 18.2 Å². The monoisotopic (exact) mass is 213 g/mol. The zero-order valence-electron chi connectivity index (χ0n) is 8.93. The van der Waals surface area contributed by atoms with Crippen molar-refractivity contribution in [1.82, 2.24) is 4.98 Å². The van der Waals surface area contributed by atoms with Crippen LogP contribution in [0.1, 0.15) is 27.7 Å². The van der Waals surface area contributed by atoms with Gasteiger partial charge in [0, 0.05) is 5.56 Å². The first-order valence-corrected chi connectivity index (χ1v) is 4.92. The van der Waals surface area contributed by atoms with Gasteiger partial charge in [0.2, 0.25) is 11.7 Å². The Balaban J connectivity index is 2.41. The second-order valence-electron chi connectivity index (χ2n) is 3.36. The van der Waals surface area contributed by atoms with Crippen LogP contribution in [0.25, 0.3) is 6.08 Å². The van der Waals surface area contributed by atoms with Gasteiger partial charge in [-0.15, -0.1) is 0 Å². The van der Waals surface area contributed by atoms with E-state index in [2.05, 4.69) is 11.6 Å². The lowest BCUT2D eigenvalue weighted by atomic mass is 10.1. The van der Waals surface area contributed by atoms with Gasteiger partial charge in [-0.3, -0.25) is 4.79 Å². The second kappa shape index (κ2) is 4.14. The van der Waals surface area contributed by atoms with Crippen molar-refractivity contribution in [1.29, 1.82) is 0 Å². The Morgan fingerprint density at radius 1 is 1.38 bits per heavy atom. The molecule has 1 heterocycles. The van der Waals surface area contributed by atoms with E-state index in [4.69, 9.17) is 4.42 Å². The molecular formula is C13H11NO2. The summed E-state index contributed by atoms with van der Waals surface area (Å²) in [5, 5.41) is 0. The first-order chi connectivity index (χ1) is 7.72. The van der Waals surface area contributed by atoms with E-state index in [-0.39, 0.29) is 5.78 Å². The third kappa shape index (κ3) is 1.80. The first kappa shape index (κ1) is 10.4. The molecule has 80 valence electrons. The molecule has 2 rings (SSSR count). The Labute approximate surface area is 93.4 Å². The van der Waals surface area contributed by atoms with Crippen molar-refractivity contribution in [2.75, 3.05) is 0 Å². The van der Waals surface area contributed by atoms with Gasteiger partial charge in [-0.05, 0) is 13.0 Å². The molecule has 1 aromatic heterocycles. The number of benzene rings is 1. The van der Waals surface area contributed by atoms with Gasteiger partial charge in [-0.25, -0.2) is 4.98 Å². The van der Waals surface area contributed by atoms with Gasteiger partial charge in [0.15, 0.2) is 5.69 Å². The van der Waals surface area contributed by atoms with Gasteiger partial charge < -0.3 is 4.42 Å². The fraction of sp³-hybridized carbons (Fsp3) is 0.0769. The van der Waals surface area contributed by atoms with Gasteiger partial charge in [0.1, 0.15) is 5.76 Å². The van der Waals surface area contributed by atoms with Crippen LogP contribution in [0.15, 0.2) is 41.3 Å². The van der Waals surface area contributed by atoms with Crippen LogP contribution in [0, 0.1) is 6.92 Å². The van der Waals surface area contributed by atoms with Crippen molar-refractivity contribution in [2.45, 2.75) is 6.92 Å². The van der Waals surface area contributed by atoms with Gasteiger partial charge >= 0.3 is 0 Å². The van der Waals surface area contributed by atoms with Crippen LogP contribution < -0.4 is 0 Å². The number of hydrogen-bond donors (Lipinski definition) is 0. The lowest BCUT2D eigenvalue weighted by molar-refractivity contribution is 0.103. The van der Waals surface area contributed by atoms with Crippen LogP contribution >= 0.6 is 0 Å². The molecule has 3 nitrogen and oxygen atoms in total. The number of carbonyl (C=O) groups excluding carboxylic acids is 1. The number of aryl methyl sites for hydroxylation is 1. The van der Waals surface area contributed by atoms with E-state index < -0.39 is 0 Å². The van der Waals surface area contributed by atoms with E-state index in [9.17, 15) is 4.79 Å². The maximum atomic E-state index is 12.0. The summed E-state index contributed by atoms with van der Waals surface area (Å²) in [6.07, 6.45) is 1.48. The first-order valence-electron chi connectivity index (χ1n) is 4.92. The Kier molecular flexibility index (Phi) is 2.68. The van der Waals surface area contributed by atoms with E-state index >= 15 is 0 Å². The minimum absolute atomic E-state index is 0.130. The molecule has 0 radical (unpaired) electrons. The van der Waals surface area contributed by atoms with Crippen molar-refractivity contribution >= 4 is 11.9 Å². The summed E-state index contributed by atoms with van der Waals surface area (Å²) in [6.45, 7) is 5.27. The second-order valence-corrected chi connectivity index (χ2v) is 3.36. The molecule has 0 aliphatic heterocycles. The number of aromatic nitrogens is 1. The zero-order valence-corrected chi connectivity index (χ0v) is 8.93. The number of carbonyl (C=O) groups is 1. The van der Waals surface area contributed by atoms with Gasteiger partial charge in [-0.2, -0.15) is 0 Å². The summed E-state index contributed by atoms with van der Waals surface area (Å²) in [6, 6.07) is 9.00. The molecule has 0 saturated heterocycles. The van der Waals surface area contributed by atoms with Crippen LogP contribution in [0.2, 0.25) is 0 Å².